The lowest BCUT2D eigenvalue weighted by atomic mass is 9.73. The van der Waals surface area contributed by atoms with E-state index >= 15 is 0 Å². The maximum atomic E-state index is 12.4. The Morgan fingerprint density at radius 2 is 1.85 bits per heavy atom. The molecule has 0 aromatic rings. The fraction of sp³-hybridized carbons (Fsp3) is 0.692. The maximum Gasteiger partial charge on any atom is 0.240 e. The number of amides is 4. The van der Waals surface area contributed by atoms with Crippen LogP contribution in [0.25, 0.3) is 0 Å². The summed E-state index contributed by atoms with van der Waals surface area (Å²) < 4.78 is 0. The summed E-state index contributed by atoms with van der Waals surface area (Å²) in [7, 11) is 0. The second-order valence-corrected chi connectivity index (χ2v) is 5.55. The van der Waals surface area contributed by atoms with E-state index in [4.69, 9.17) is 5.73 Å². The monoisotopic (exact) mass is 281 g/mol. The number of carbonyl (C=O) groups is 4. The van der Waals surface area contributed by atoms with E-state index in [1.807, 2.05) is 0 Å². The number of nitrogens with two attached hydrogens (primary N) is 1. The van der Waals surface area contributed by atoms with Gasteiger partial charge in [-0.15, -0.1) is 0 Å². The van der Waals surface area contributed by atoms with Crippen LogP contribution in [0.1, 0.15) is 38.5 Å². The summed E-state index contributed by atoms with van der Waals surface area (Å²) in [6.07, 6.45) is 4.62. The second-order valence-electron chi connectivity index (χ2n) is 5.55. The van der Waals surface area contributed by atoms with E-state index in [1.54, 1.807) is 0 Å². The van der Waals surface area contributed by atoms with Crippen LogP contribution < -0.4 is 11.1 Å². The molecule has 4 amide bonds. The first-order chi connectivity index (χ1) is 9.44. The zero-order chi connectivity index (χ0) is 14.8. The number of primary amides is 1. The Bertz CT molecular complexity index is 455. The third-order valence-electron chi connectivity index (χ3n) is 4.06. The minimum absolute atomic E-state index is 0.203. The van der Waals surface area contributed by atoms with Crippen molar-refractivity contribution in [3.05, 3.63) is 0 Å². The summed E-state index contributed by atoms with van der Waals surface area (Å²) in [5.74, 6) is -1.75. The van der Waals surface area contributed by atoms with E-state index in [0.717, 1.165) is 37.0 Å². The zero-order valence-corrected chi connectivity index (χ0v) is 11.3. The molecule has 0 aromatic carbocycles. The van der Waals surface area contributed by atoms with Gasteiger partial charge in [-0.05, 0) is 12.8 Å². The third-order valence-corrected chi connectivity index (χ3v) is 4.06. The summed E-state index contributed by atoms with van der Waals surface area (Å²) >= 11 is 0. The first kappa shape index (κ1) is 14.5. The smallest absolute Gasteiger partial charge is 0.240 e. The number of imide groups is 1. The molecule has 2 fully saturated rings. The highest BCUT2D eigenvalue weighted by Gasteiger charge is 2.51. The Morgan fingerprint density at radius 3 is 2.45 bits per heavy atom. The molecule has 0 unspecified atom stereocenters. The Balaban J connectivity index is 1.98. The summed E-state index contributed by atoms with van der Waals surface area (Å²) in [6.45, 7) is -0.618. The Morgan fingerprint density at radius 1 is 1.20 bits per heavy atom. The number of nitrogens with one attached hydrogen (secondary N) is 1. The molecule has 1 aliphatic carbocycles. The molecule has 20 heavy (non-hydrogen) atoms. The van der Waals surface area contributed by atoms with E-state index in [2.05, 4.69) is 5.32 Å². The molecule has 3 N–H and O–H groups in total. The van der Waals surface area contributed by atoms with Crippen molar-refractivity contribution in [2.75, 3.05) is 13.1 Å². The number of likely N-dealkylation sites (tertiary alicyclic amines) is 1. The van der Waals surface area contributed by atoms with Crippen LogP contribution in [-0.4, -0.2) is 41.6 Å². The molecule has 7 heteroatoms. The summed E-state index contributed by atoms with van der Waals surface area (Å²) in [4.78, 5) is 47.6. The lowest BCUT2D eigenvalue weighted by molar-refractivity contribution is -0.145. The van der Waals surface area contributed by atoms with Crippen molar-refractivity contribution in [2.24, 2.45) is 11.1 Å². The van der Waals surface area contributed by atoms with Gasteiger partial charge in [-0.1, -0.05) is 19.3 Å². The van der Waals surface area contributed by atoms with Gasteiger partial charge in [0.2, 0.25) is 23.6 Å². The average molecular weight is 281 g/mol. The Labute approximate surface area is 116 Å². The molecule has 2 aliphatic rings. The van der Waals surface area contributed by atoms with E-state index in [1.165, 1.54) is 0 Å². The van der Waals surface area contributed by atoms with Crippen LogP contribution in [0.4, 0.5) is 0 Å². The van der Waals surface area contributed by atoms with Crippen LogP contribution in [0.3, 0.4) is 0 Å². The van der Waals surface area contributed by atoms with Gasteiger partial charge in [0.1, 0.15) is 6.54 Å². The SMILES string of the molecule is NC(=O)CNC(=O)CN1C(=O)CC2(CCCCC2)C1=O. The summed E-state index contributed by atoms with van der Waals surface area (Å²) in [5.41, 5.74) is 4.33. The molecule has 1 spiro atoms. The number of carbonyl (C=O) groups excluding carboxylic acids is 4. The van der Waals surface area contributed by atoms with Gasteiger partial charge in [-0.2, -0.15) is 0 Å². The van der Waals surface area contributed by atoms with Gasteiger partial charge in [0, 0.05) is 6.42 Å². The number of hydrogen-bond acceptors (Lipinski definition) is 4. The predicted octanol–water partition coefficient (Wildman–Crippen LogP) is -0.703. The van der Waals surface area contributed by atoms with Crippen molar-refractivity contribution in [1.29, 1.82) is 0 Å². The van der Waals surface area contributed by atoms with E-state index in [-0.39, 0.29) is 31.3 Å². The van der Waals surface area contributed by atoms with Crippen LogP contribution in [-0.2, 0) is 19.2 Å². The Kier molecular flexibility index (Phi) is 4.06. The zero-order valence-electron chi connectivity index (χ0n) is 11.3. The highest BCUT2D eigenvalue weighted by Crippen LogP contribution is 2.45. The fourth-order valence-electron chi connectivity index (χ4n) is 3.02. The minimum atomic E-state index is -0.666. The van der Waals surface area contributed by atoms with Crippen LogP contribution in [0.2, 0.25) is 0 Å². The van der Waals surface area contributed by atoms with Crippen LogP contribution in [0.5, 0.6) is 0 Å². The highest BCUT2D eigenvalue weighted by atomic mass is 16.2. The lowest BCUT2D eigenvalue weighted by Crippen LogP contribution is -2.44. The van der Waals surface area contributed by atoms with Gasteiger partial charge >= 0.3 is 0 Å². The van der Waals surface area contributed by atoms with Gasteiger partial charge in [0.25, 0.3) is 0 Å². The van der Waals surface area contributed by atoms with Gasteiger partial charge < -0.3 is 11.1 Å². The van der Waals surface area contributed by atoms with E-state index in [9.17, 15) is 19.2 Å². The highest BCUT2D eigenvalue weighted by molar-refractivity contribution is 6.08. The van der Waals surface area contributed by atoms with Gasteiger partial charge in [0.05, 0.1) is 12.0 Å². The minimum Gasteiger partial charge on any atom is -0.368 e. The summed E-state index contributed by atoms with van der Waals surface area (Å²) in [5, 5.41) is 2.28. The van der Waals surface area contributed by atoms with Gasteiger partial charge in [-0.25, -0.2) is 0 Å². The lowest BCUT2D eigenvalue weighted by Gasteiger charge is -2.30. The predicted molar refractivity (Wildman–Crippen MR) is 69.1 cm³/mol. The van der Waals surface area contributed by atoms with Crippen LogP contribution in [0.15, 0.2) is 0 Å². The fourth-order valence-corrected chi connectivity index (χ4v) is 3.02. The third kappa shape index (κ3) is 2.81. The first-order valence-electron chi connectivity index (χ1n) is 6.84. The molecule has 0 atom stereocenters. The first-order valence-corrected chi connectivity index (χ1v) is 6.84. The molecule has 7 nitrogen and oxygen atoms in total. The maximum absolute atomic E-state index is 12.4. The van der Waals surface area contributed by atoms with Crippen molar-refractivity contribution in [2.45, 2.75) is 38.5 Å². The van der Waals surface area contributed by atoms with Gasteiger partial charge in [-0.3, -0.25) is 24.1 Å². The molecule has 1 saturated heterocycles. The molecule has 1 heterocycles. The van der Waals surface area contributed by atoms with E-state index in [0.29, 0.717) is 0 Å². The van der Waals surface area contributed by atoms with Crippen molar-refractivity contribution in [3.63, 3.8) is 0 Å². The molecular weight excluding hydrogens is 262 g/mol. The molecule has 110 valence electrons. The normalized spacial score (nSPS) is 21.3. The standard InChI is InChI=1S/C13H19N3O4/c14-9(17)7-15-10(18)8-16-11(19)6-13(12(16)20)4-2-1-3-5-13/h1-8H2,(H2,14,17)(H,15,18). The van der Waals surface area contributed by atoms with Crippen molar-refractivity contribution < 1.29 is 19.2 Å². The van der Waals surface area contributed by atoms with E-state index < -0.39 is 17.2 Å². The van der Waals surface area contributed by atoms with Gasteiger partial charge in [0.15, 0.2) is 0 Å². The molecule has 1 saturated carbocycles. The number of nitrogens with zero attached hydrogens (tertiary/aromatic N) is 1. The number of rotatable bonds is 4. The summed E-state index contributed by atoms with van der Waals surface area (Å²) in [6, 6.07) is 0. The van der Waals surface area contributed by atoms with Crippen molar-refractivity contribution >= 4 is 23.6 Å². The Hall–Kier alpha value is -1.92. The second kappa shape index (κ2) is 5.60. The van der Waals surface area contributed by atoms with Crippen molar-refractivity contribution in [1.82, 2.24) is 10.2 Å². The average Bonchev–Trinajstić information content (AvgIpc) is 2.62. The molecule has 0 radical (unpaired) electrons. The van der Waals surface area contributed by atoms with Crippen LogP contribution in [0, 0.1) is 5.41 Å². The quantitative estimate of drug-likeness (QED) is 0.664. The topological polar surface area (TPSA) is 110 Å². The largest absolute Gasteiger partial charge is 0.368 e. The van der Waals surface area contributed by atoms with Crippen molar-refractivity contribution in [3.8, 4) is 0 Å². The molecule has 0 aromatic heterocycles. The molecule has 1 aliphatic heterocycles. The molecular formula is C13H19N3O4. The molecule has 0 bridgehead atoms. The molecule has 2 rings (SSSR count). The number of hydrogen-bond donors (Lipinski definition) is 2. The van der Waals surface area contributed by atoms with Crippen LogP contribution >= 0.6 is 0 Å².